The lowest BCUT2D eigenvalue weighted by Crippen LogP contribution is -2.26. The quantitative estimate of drug-likeness (QED) is 0.447. The van der Waals surface area contributed by atoms with Crippen molar-refractivity contribution >= 4 is 6.21 Å². The predicted molar refractivity (Wildman–Crippen MR) is 93.8 cm³/mol. The maximum absolute atomic E-state index is 11.4. The molecule has 0 unspecified atom stereocenters. The Morgan fingerprint density at radius 1 is 1.04 bits per heavy atom. The smallest absolute Gasteiger partial charge is 0.238 e. The molecule has 0 amide bonds. The van der Waals surface area contributed by atoms with Gasteiger partial charge in [0.25, 0.3) is 0 Å². The molecule has 0 heterocycles. The molecule has 0 bridgehead atoms. The molecule has 0 aliphatic heterocycles. The van der Waals surface area contributed by atoms with Crippen LogP contribution in [0.15, 0.2) is 53.5 Å². The van der Waals surface area contributed by atoms with Gasteiger partial charge >= 0.3 is 0 Å². The fourth-order valence-electron chi connectivity index (χ4n) is 2.48. The Hall–Kier alpha value is -2.49. The Balaban J connectivity index is 2.34. The molecule has 0 N–H and O–H groups in total. The number of aliphatic imine (C=N–C) groups is 1. The summed E-state index contributed by atoms with van der Waals surface area (Å²) in [6.07, 6.45) is 2.17. The first-order chi connectivity index (χ1) is 11.0. The van der Waals surface area contributed by atoms with E-state index in [-0.39, 0.29) is 4.92 Å². The molecule has 4 heteroatoms. The average Bonchev–Trinajstić information content (AvgIpc) is 2.53. The molecule has 0 radical (unpaired) electrons. The number of hydrogen-bond donors (Lipinski definition) is 0. The fourth-order valence-corrected chi connectivity index (χ4v) is 2.48. The second-order valence-electron chi connectivity index (χ2n) is 5.81. The van der Waals surface area contributed by atoms with Crippen molar-refractivity contribution in [3.63, 3.8) is 0 Å². The van der Waals surface area contributed by atoms with Crippen LogP contribution >= 0.6 is 0 Å². The molecule has 2 aromatic carbocycles. The van der Waals surface area contributed by atoms with E-state index in [9.17, 15) is 10.1 Å². The highest BCUT2D eigenvalue weighted by Gasteiger charge is 2.30. The zero-order chi connectivity index (χ0) is 16.8. The lowest BCUT2D eigenvalue weighted by Gasteiger charge is -2.17. The highest BCUT2D eigenvalue weighted by molar-refractivity contribution is 5.79. The largest absolute Gasteiger partial charge is 0.277 e. The van der Waals surface area contributed by atoms with Gasteiger partial charge in [-0.3, -0.25) is 15.1 Å². The summed E-state index contributed by atoms with van der Waals surface area (Å²) >= 11 is 0. The lowest BCUT2D eigenvalue weighted by molar-refractivity contribution is -0.527. The van der Waals surface area contributed by atoms with Crippen LogP contribution in [0.4, 0.5) is 0 Å². The van der Waals surface area contributed by atoms with Crippen LogP contribution in [0, 0.1) is 24.0 Å². The summed E-state index contributed by atoms with van der Waals surface area (Å²) in [5.74, 6) is 0. The minimum Gasteiger partial charge on any atom is -0.277 e. The van der Waals surface area contributed by atoms with Crippen molar-refractivity contribution in [2.24, 2.45) is 4.99 Å². The number of hydrogen-bond acceptors (Lipinski definition) is 3. The first-order valence-corrected chi connectivity index (χ1v) is 7.81. The zero-order valence-corrected chi connectivity index (χ0v) is 13.8. The van der Waals surface area contributed by atoms with E-state index >= 15 is 0 Å². The van der Waals surface area contributed by atoms with Crippen molar-refractivity contribution in [2.45, 2.75) is 39.3 Å². The summed E-state index contributed by atoms with van der Waals surface area (Å²) < 4.78 is 0. The van der Waals surface area contributed by atoms with E-state index in [2.05, 4.69) is 4.99 Å². The van der Waals surface area contributed by atoms with Crippen molar-refractivity contribution in [2.75, 3.05) is 0 Å². The van der Waals surface area contributed by atoms with E-state index < -0.39 is 12.1 Å². The summed E-state index contributed by atoms with van der Waals surface area (Å²) in [7, 11) is 0. The van der Waals surface area contributed by atoms with E-state index in [1.165, 1.54) is 5.56 Å². The van der Waals surface area contributed by atoms with Gasteiger partial charge in [-0.15, -0.1) is 0 Å². The van der Waals surface area contributed by atoms with Crippen LogP contribution in [-0.4, -0.2) is 17.2 Å². The Bertz CT molecular complexity index is 676. The first-order valence-electron chi connectivity index (χ1n) is 7.81. The summed E-state index contributed by atoms with van der Waals surface area (Å²) in [6, 6.07) is 14.6. The molecule has 23 heavy (non-hydrogen) atoms. The van der Waals surface area contributed by atoms with E-state index in [1.54, 1.807) is 6.21 Å². The second kappa shape index (κ2) is 7.68. The molecule has 2 aromatic rings. The number of aryl methyl sites for hydroxylation is 2. The lowest BCUT2D eigenvalue weighted by atomic mass is 9.97. The SMILES string of the molecule is CC[C@@H]([C@@H](N=Cc1ccc(C)cc1)c1ccc(C)cc1)[N+](=O)[O-]. The fraction of sp³-hybridized carbons (Fsp3) is 0.316. The Labute approximate surface area is 137 Å². The molecule has 0 saturated heterocycles. The number of nitrogens with zero attached hydrogens (tertiary/aromatic N) is 2. The number of benzene rings is 2. The third kappa shape index (κ3) is 4.49. The normalized spacial score (nSPS) is 13.9. The maximum atomic E-state index is 11.4. The topological polar surface area (TPSA) is 55.5 Å². The summed E-state index contributed by atoms with van der Waals surface area (Å²) in [5.41, 5.74) is 4.13. The van der Waals surface area contributed by atoms with E-state index in [4.69, 9.17) is 0 Å². The summed E-state index contributed by atoms with van der Waals surface area (Å²) in [5, 5.41) is 11.4. The van der Waals surface area contributed by atoms with E-state index in [0.717, 1.165) is 16.7 Å². The number of nitro groups is 1. The van der Waals surface area contributed by atoms with Gasteiger partial charge in [0.1, 0.15) is 6.04 Å². The molecule has 0 aromatic heterocycles. The summed E-state index contributed by atoms with van der Waals surface area (Å²) in [6.45, 7) is 5.85. The third-order valence-electron chi connectivity index (χ3n) is 3.93. The van der Waals surface area contributed by atoms with Crippen LogP contribution in [0.2, 0.25) is 0 Å². The van der Waals surface area contributed by atoms with Crippen molar-refractivity contribution in [1.29, 1.82) is 0 Å². The van der Waals surface area contributed by atoms with E-state index in [1.807, 2.05) is 69.3 Å². The molecule has 4 nitrogen and oxygen atoms in total. The van der Waals surface area contributed by atoms with Crippen LogP contribution in [0.5, 0.6) is 0 Å². The molecule has 0 saturated carbocycles. The van der Waals surface area contributed by atoms with Gasteiger partial charge in [0, 0.05) is 17.6 Å². The first kappa shape index (κ1) is 16.9. The zero-order valence-electron chi connectivity index (χ0n) is 13.8. The molecular formula is C19H22N2O2. The Kier molecular flexibility index (Phi) is 5.63. The van der Waals surface area contributed by atoms with Crippen LogP contribution in [0.3, 0.4) is 0 Å². The van der Waals surface area contributed by atoms with E-state index in [0.29, 0.717) is 6.42 Å². The van der Waals surface area contributed by atoms with Crippen LogP contribution < -0.4 is 0 Å². The van der Waals surface area contributed by atoms with Gasteiger partial charge in [0.05, 0.1) is 0 Å². The molecule has 0 aliphatic carbocycles. The van der Waals surface area contributed by atoms with Crippen LogP contribution in [-0.2, 0) is 0 Å². The minimum absolute atomic E-state index is 0.225. The van der Waals surface area contributed by atoms with Gasteiger partial charge in [0.15, 0.2) is 0 Å². The van der Waals surface area contributed by atoms with Gasteiger partial charge in [-0.1, -0.05) is 66.6 Å². The standard InChI is InChI=1S/C19H22N2O2/c1-4-18(21(22)23)19(17-11-7-15(3)8-12-17)20-13-16-9-5-14(2)6-10-16/h5-13,18-19H,4H2,1-3H3/t18-,19-/m0/s1. The number of rotatable bonds is 6. The van der Waals surface area contributed by atoms with Crippen molar-refractivity contribution < 1.29 is 4.92 Å². The molecule has 120 valence electrons. The van der Waals surface area contributed by atoms with Gasteiger partial charge in [-0.05, 0) is 25.0 Å². The highest BCUT2D eigenvalue weighted by Crippen LogP contribution is 2.25. The molecule has 0 spiro atoms. The monoisotopic (exact) mass is 310 g/mol. The van der Waals surface area contributed by atoms with Crippen LogP contribution in [0.25, 0.3) is 0 Å². The van der Waals surface area contributed by atoms with Crippen molar-refractivity contribution in [1.82, 2.24) is 0 Å². The van der Waals surface area contributed by atoms with Crippen LogP contribution in [0.1, 0.15) is 41.6 Å². The second-order valence-corrected chi connectivity index (χ2v) is 5.81. The van der Waals surface area contributed by atoms with Gasteiger partial charge in [-0.25, -0.2) is 0 Å². The van der Waals surface area contributed by atoms with Gasteiger partial charge in [-0.2, -0.15) is 0 Å². The van der Waals surface area contributed by atoms with Crippen molar-refractivity contribution in [3.05, 3.63) is 80.9 Å². The Morgan fingerprint density at radius 2 is 1.57 bits per heavy atom. The van der Waals surface area contributed by atoms with Crippen molar-refractivity contribution in [3.8, 4) is 0 Å². The maximum Gasteiger partial charge on any atom is 0.238 e. The Morgan fingerprint density at radius 3 is 2.04 bits per heavy atom. The van der Waals surface area contributed by atoms with Gasteiger partial charge < -0.3 is 0 Å². The summed E-state index contributed by atoms with van der Waals surface area (Å²) in [4.78, 5) is 15.7. The highest BCUT2D eigenvalue weighted by atomic mass is 16.6. The molecule has 0 fully saturated rings. The molecular weight excluding hydrogens is 288 g/mol. The predicted octanol–water partition coefficient (Wildman–Crippen LogP) is 4.52. The average molecular weight is 310 g/mol. The molecule has 0 aliphatic rings. The van der Waals surface area contributed by atoms with Gasteiger partial charge in [0.2, 0.25) is 6.04 Å². The molecule has 2 rings (SSSR count). The molecule has 2 atom stereocenters. The minimum atomic E-state index is -0.723. The third-order valence-corrected chi connectivity index (χ3v) is 3.93.